The van der Waals surface area contributed by atoms with Gasteiger partial charge in [-0.3, -0.25) is 4.79 Å². The average molecular weight is 496 g/mol. The summed E-state index contributed by atoms with van der Waals surface area (Å²) in [6, 6.07) is 15.1. The second-order valence-corrected chi connectivity index (χ2v) is 10.4. The van der Waals surface area contributed by atoms with Crippen molar-refractivity contribution < 1.29 is 19.4 Å². The van der Waals surface area contributed by atoms with Crippen LogP contribution in [0.1, 0.15) is 50.5 Å². The van der Waals surface area contributed by atoms with Gasteiger partial charge in [0.25, 0.3) is 5.91 Å². The number of hydrogen-bond donors (Lipinski definition) is 2. The molecule has 0 aromatic heterocycles. The summed E-state index contributed by atoms with van der Waals surface area (Å²) in [6.45, 7) is 11.0. The number of carbonyl (C=O) groups is 2. The molecule has 2 aromatic rings. The summed E-state index contributed by atoms with van der Waals surface area (Å²) >= 11 is 0. The summed E-state index contributed by atoms with van der Waals surface area (Å²) in [4.78, 5) is 30.1. The van der Waals surface area contributed by atoms with Crippen molar-refractivity contribution in [1.29, 1.82) is 0 Å². The molecule has 0 saturated carbocycles. The number of fused-ring (bicyclic) bond motifs is 3. The fourth-order valence-corrected chi connectivity index (χ4v) is 4.38. The lowest BCUT2D eigenvalue weighted by molar-refractivity contribution is -0.0185. The first-order chi connectivity index (χ1) is 17.1. The van der Waals surface area contributed by atoms with E-state index in [1.807, 2.05) is 69.3 Å². The summed E-state index contributed by atoms with van der Waals surface area (Å²) in [5, 5.41) is 13.0. The lowest BCUT2D eigenvalue weighted by atomic mass is 9.94. The molecular weight excluding hydrogens is 454 g/mol. The SMILES string of the molecule is CC(C)[C@@H](C)NC(=O)N(C)C[C@@H]1OCc2ccccc2-c2ccccc2C(=O)N([C@H](C)CO)C[C@H]1C. The van der Waals surface area contributed by atoms with Crippen LogP contribution < -0.4 is 5.32 Å². The van der Waals surface area contributed by atoms with E-state index in [0.29, 0.717) is 31.2 Å². The standard InChI is InChI=1S/C29H41N3O4/c1-19(2)22(5)30-29(35)31(6)16-27-20(3)15-32(21(4)17-33)28(34)26-14-10-9-13-25(26)24-12-8-7-11-23(24)18-36-27/h7-14,19-22,27,33H,15-18H2,1-6H3,(H,30,35)/t20-,21-,22-,27+/m1/s1. The second-order valence-electron chi connectivity index (χ2n) is 10.4. The van der Waals surface area contributed by atoms with Gasteiger partial charge in [-0.2, -0.15) is 0 Å². The minimum absolute atomic E-state index is 0.0507. The third-order valence-corrected chi connectivity index (χ3v) is 7.25. The van der Waals surface area contributed by atoms with Gasteiger partial charge in [-0.05, 0) is 42.5 Å². The van der Waals surface area contributed by atoms with Gasteiger partial charge in [0.05, 0.1) is 25.4 Å². The second kappa shape index (κ2) is 12.4. The van der Waals surface area contributed by atoms with Gasteiger partial charge in [0.1, 0.15) is 0 Å². The molecule has 4 atom stereocenters. The molecule has 3 rings (SSSR count). The van der Waals surface area contributed by atoms with Crippen LogP contribution in [0.3, 0.4) is 0 Å². The highest BCUT2D eigenvalue weighted by atomic mass is 16.5. The van der Waals surface area contributed by atoms with Crippen LogP contribution >= 0.6 is 0 Å². The molecule has 1 heterocycles. The number of urea groups is 1. The highest BCUT2D eigenvalue weighted by Gasteiger charge is 2.31. The zero-order chi connectivity index (χ0) is 26.4. The first-order valence-corrected chi connectivity index (χ1v) is 12.9. The molecule has 0 fully saturated rings. The molecule has 2 aromatic carbocycles. The predicted octanol–water partition coefficient (Wildman–Crippen LogP) is 4.40. The summed E-state index contributed by atoms with van der Waals surface area (Å²) in [5.41, 5.74) is 3.39. The van der Waals surface area contributed by atoms with Crippen LogP contribution in [-0.2, 0) is 11.3 Å². The van der Waals surface area contributed by atoms with E-state index in [9.17, 15) is 14.7 Å². The normalized spacial score (nSPS) is 20.1. The molecule has 0 saturated heterocycles. The van der Waals surface area contributed by atoms with Crippen molar-refractivity contribution in [3.05, 3.63) is 59.7 Å². The molecule has 3 amide bonds. The lowest BCUT2D eigenvalue weighted by Gasteiger charge is -2.35. The minimum Gasteiger partial charge on any atom is -0.394 e. The molecule has 1 aliphatic heterocycles. The maximum Gasteiger partial charge on any atom is 0.317 e. The molecule has 7 heteroatoms. The van der Waals surface area contributed by atoms with Crippen molar-refractivity contribution in [3.63, 3.8) is 0 Å². The van der Waals surface area contributed by atoms with Gasteiger partial charge in [-0.15, -0.1) is 0 Å². The summed E-state index contributed by atoms with van der Waals surface area (Å²) in [7, 11) is 1.77. The summed E-state index contributed by atoms with van der Waals surface area (Å²) in [6.07, 6.45) is -0.314. The number of ether oxygens (including phenoxy) is 1. The van der Waals surface area contributed by atoms with Crippen molar-refractivity contribution in [2.75, 3.05) is 26.7 Å². The number of hydrogen-bond acceptors (Lipinski definition) is 4. The van der Waals surface area contributed by atoms with Gasteiger partial charge >= 0.3 is 6.03 Å². The van der Waals surface area contributed by atoms with E-state index in [0.717, 1.165) is 16.7 Å². The molecular formula is C29H41N3O4. The Labute approximate surface area is 215 Å². The third-order valence-electron chi connectivity index (χ3n) is 7.25. The number of nitrogens with one attached hydrogen (secondary N) is 1. The Bertz CT molecular complexity index is 1040. The zero-order valence-corrected chi connectivity index (χ0v) is 22.4. The van der Waals surface area contributed by atoms with Gasteiger partial charge in [0.2, 0.25) is 0 Å². The number of aliphatic hydroxyl groups excluding tert-OH is 1. The number of amides is 3. The Hall–Kier alpha value is -2.90. The Morgan fingerprint density at radius 2 is 1.69 bits per heavy atom. The van der Waals surface area contributed by atoms with Gasteiger partial charge in [0.15, 0.2) is 0 Å². The Kier molecular flexibility index (Phi) is 9.51. The highest BCUT2D eigenvalue weighted by molar-refractivity contribution is 6.01. The first-order valence-electron chi connectivity index (χ1n) is 12.9. The van der Waals surface area contributed by atoms with Gasteiger partial charge in [-0.1, -0.05) is 63.2 Å². The van der Waals surface area contributed by atoms with Crippen LogP contribution in [-0.4, -0.2) is 71.8 Å². The molecule has 36 heavy (non-hydrogen) atoms. The maximum absolute atomic E-state index is 13.8. The Morgan fingerprint density at radius 3 is 2.33 bits per heavy atom. The largest absolute Gasteiger partial charge is 0.394 e. The van der Waals surface area contributed by atoms with Crippen molar-refractivity contribution in [2.24, 2.45) is 11.8 Å². The van der Waals surface area contributed by atoms with E-state index in [2.05, 4.69) is 19.2 Å². The smallest absolute Gasteiger partial charge is 0.317 e. The number of benzene rings is 2. The molecule has 0 unspecified atom stereocenters. The minimum atomic E-state index is -0.363. The van der Waals surface area contributed by atoms with Crippen LogP contribution in [0.4, 0.5) is 4.79 Å². The topological polar surface area (TPSA) is 82.1 Å². The van der Waals surface area contributed by atoms with Crippen LogP contribution in [0.5, 0.6) is 0 Å². The van der Waals surface area contributed by atoms with Crippen molar-refractivity contribution in [2.45, 2.75) is 59.4 Å². The van der Waals surface area contributed by atoms with Crippen LogP contribution in [0.25, 0.3) is 11.1 Å². The number of rotatable bonds is 6. The maximum atomic E-state index is 13.8. The van der Waals surface area contributed by atoms with E-state index in [-0.39, 0.29) is 42.7 Å². The summed E-state index contributed by atoms with van der Waals surface area (Å²) < 4.78 is 6.48. The van der Waals surface area contributed by atoms with Crippen LogP contribution in [0, 0.1) is 11.8 Å². The predicted molar refractivity (Wildman–Crippen MR) is 143 cm³/mol. The molecule has 0 radical (unpaired) electrons. The fourth-order valence-electron chi connectivity index (χ4n) is 4.38. The zero-order valence-electron chi connectivity index (χ0n) is 22.4. The third kappa shape index (κ3) is 6.45. The summed E-state index contributed by atoms with van der Waals surface area (Å²) in [5.74, 6) is 0.122. The van der Waals surface area contributed by atoms with E-state index >= 15 is 0 Å². The van der Waals surface area contributed by atoms with Crippen molar-refractivity contribution in [3.8, 4) is 11.1 Å². The average Bonchev–Trinajstić information content (AvgIpc) is 2.89. The number of likely N-dealkylation sites (N-methyl/N-ethyl adjacent to an activating group) is 1. The monoisotopic (exact) mass is 495 g/mol. The number of aliphatic hydroxyl groups is 1. The van der Waals surface area contributed by atoms with E-state index in [1.165, 1.54) is 0 Å². The molecule has 0 aliphatic carbocycles. The van der Waals surface area contributed by atoms with E-state index in [4.69, 9.17) is 4.74 Å². The molecule has 0 spiro atoms. The van der Waals surface area contributed by atoms with E-state index in [1.54, 1.807) is 16.8 Å². The number of nitrogens with zero attached hydrogens (tertiary/aromatic N) is 2. The van der Waals surface area contributed by atoms with Gasteiger partial charge < -0.3 is 25.0 Å². The molecule has 2 N–H and O–H groups in total. The molecule has 196 valence electrons. The van der Waals surface area contributed by atoms with E-state index < -0.39 is 0 Å². The first kappa shape index (κ1) is 27.7. The highest BCUT2D eigenvalue weighted by Crippen LogP contribution is 2.31. The van der Waals surface area contributed by atoms with Crippen molar-refractivity contribution in [1.82, 2.24) is 15.1 Å². The Balaban J connectivity index is 1.97. The quantitative estimate of drug-likeness (QED) is 0.623. The van der Waals surface area contributed by atoms with Crippen molar-refractivity contribution >= 4 is 11.9 Å². The van der Waals surface area contributed by atoms with Crippen LogP contribution in [0.15, 0.2) is 48.5 Å². The molecule has 7 nitrogen and oxygen atoms in total. The Morgan fingerprint density at radius 1 is 1.08 bits per heavy atom. The van der Waals surface area contributed by atoms with Gasteiger partial charge in [-0.25, -0.2) is 4.79 Å². The lowest BCUT2D eigenvalue weighted by Crippen LogP contribution is -2.50. The molecule has 1 aliphatic rings. The number of carbonyl (C=O) groups excluding carboxylic acids is 2. The molecule has 0 bridgehead atoms. The fraction of sp³-hybridized carbons (Fsp3) is 0.517. The van der Waals surface area contributed by atoms with Gasteiger partial charge in [0, 0.05) is 37.7 Å². The van der Waals surface area contributed by atoms with Crippen LogP contribution in [0.2, 0.25) is 0 Å².